The van der Waals surface area contributed by atoms with Gasteiger partial charge in [-0.15, -0.1) is 10.2 Å². The summed E-state index contributed by atoms with van der Waals surface area (Å²) < 4.78 is 0. The number of hydrogen-bond acceptors (Lipinski definition) is 5. The van der Waals surface area contributed by atoms with Crippen LogP contribution >= 0.6 is 0 Å². The molecule has 2 heterocycles. The van der Waals surface area contributed by atoms with Gasteiger partial charge in [0.15, 0.2) is 11.5 Å². The molecule has 0 saturated carbocycles. The van der Waals surface area contributed by atoms with Crippen molar-refractivity contribution >= 4 is 11.8 Å². The molecule has 3 N–H and O–H groups in total. The predicted octanol–water partition coefficient (Wildman–Crippen LogP) is -0.288. The van der Waals surface area contributed by atoms with Crippen molar-refractivity contribution in [1.29, 1.82) is 0 Å². The van der Waals surface area contributed by atoms with Crippen LogP contribution in [-0.4, -0.2) is 40.4 Å². The Balaban J connectivity index is 2.13. The number of nitrogens with zero attached hydrogens (tertiary/aromatic N) is 3. The van der Waals surface area contributed by atoms with E-state index in [-0.39, 0.29) is 11.7 Å². The van der Waals surface area contributed by atoms with Crippen molar-refractivity contribution < 1.29 is 9.90 Å². The van der Waals surface area contributed by atoms with E-state index < -0.39 is 5.97 Å². The average molecular weight is 208 g/mol. The van der Waals surface area contributed by atoms with Gasteiger partial charge in [-0.25, -0.2) is 4.79 Å². The standard InChI is InChI=1S/C9H12N4O2/c10-6-3-4-13(5-6)8-2-1-7(9(14)15)11-12-8/h1-2,6H,3-5,10H2,(H,14,15). The minimum atomic E-state index is -1.06. The summed E-state index contributed by atoms with van der Waals surface area (Å²) in [5, 5.41) is 16.1. The second-order valence-electron chi connectivity index (χ2n) is 3.58. The molecule has 0 aromatic carbocycles. The topological polar surface area (TPSA) is 92.3 Å². The van der Waals surface area contributed by atoms with Gasteiger partial charge >= 0.3 is 5.97 Å². The van der Waals surface area contributed by atoms with Crippen LogP contribution in [-0.2, 0) is 0 Å². The smallest absolute Gasteiger partial charge is 0.356 e. The van der Waals surface area contributed by atoms with E-state index in [0.717, 1.165) is 19.5 Å². The van der Waals surface area contributed by atoms with Gasteiger partial charge in [0.25, 0.3) is 0 Å². The normalized spacial score (nSPS) is 20.6. The molecule has 6 nitrogen and oxygen atoms in total. The third-order valence-corrected chi connectivity index (χ3v) is 2.42. The molecular weight excluding hydrogens is 196 g/mol. The number of rotatable bonds is 2. The van der Waals surface area contributed by atoms with Crippen LogP contribution in [0.15, 0.2) is 12.1 Å². The molecule has 1 atom stereocenters. The molecule has 1 fully saturated rings. The van der Waals surface area contributed by atoms with Gasteiger partial charge in [-0.3, -0.25) is 0 Å². The van der Waals surface area contributed by atoms with E-state index in [0.29, 0.717) is 5.82 Å². The number of anilines is 1. The van der Waals surface area contributed by atoms with E-state index in [1.54, 1.807) is 6.07 Å². The van der Waals surface area contributed by atoms with Gasteiger partial charge in [-0.2, -0.15) is 0 Å². The summed E-state index contributed by atoms with van der Waals surface area (Å²) in [7, 11) is 0. The maximum absolute atomic E-state index is 10.5. The van der Waals surface area contributed by atoms with Crippen LogP contribution in [0.25, 0.3) is 0 Å². The van der Waals surface area contributed by atoms with Gasteiger partial charge in [0.05, 0.1) is 0 Å². The van der Waals surface area contributed by atoms with Crippen molar-refractivity contribution in [2.45, 2.75) is 12.5 Å². The maximum Gasteiger partial charge on any atom is 0.356 e. The number of aromatic nitrogens is 2. The van der Waals surface area contributed by atoms with Crippen LogP contribution in [0.4, 0.5) is 5.82 Å². The first-order valence-corrected chi connectivity index (χ1v) is 4.74. The minimum absolute atomic E-state index is 0.0396. The summed E-state index contributed by atoms with van der Waals surface area (Å²) in [5.74, 6) is -0.375. The quantitative estimate of drug-likeness (QED) is 0.694. The van der Waals surface area contributed by atoms with Crippen LogP contribution in [0.1, 0.15) is 16.9 Å². The highest BCUT2D eigenvalue weighted by molar-refractivity contribution is 5.85. The highest BCUT2D eigenvalue weighted by atomic mass is 16.4. The zero-order chi connectivity index (χ0) is 10.8. The van der Waals surface area contributed by atoms with Gasteiger partial charge in [0, 0.05) is 19.1 Å². The maximum atomic E-state index is 10.5. The second-order valence-corrected chi connectivity index (χ2v) is 3.58. The van der Waals surface area contributed by atoms with Crippen molar-refractivity contribution in [3.63, 3.8) is 0 Å². The summed E-state index contributed by atoms with van der Waals surface area (Å²) in [5.41, 5.74) is 5.72. The van der Waals surface area contributed by atoms with Crippen LogP contribution in [0.2, 0.25) is 0 Å². The molecule has 6 heteroatoms. The van der Waals surface area contributed by atoms with Gasteiger partial charge in [0.1, 0.15) is 0 Å². The molecule has 15 heavy (non-hydrogen) atoms. The summed E-state index contributed by atoms with van der Waals surface area (Å²) in [6.07, 6.45) is 0.933. The molecule has 0 aliphatic carbocycles. The molecule has 0 amide bonds. The molecule has 1 saturated heterocycles. The van der Waals surface area contributed by atoms with Crippen LogP contribution in [0.3, 0.4) is 0 Å². The minimum Gasteiger partial charge on any atom is -0.476 e. The number of carboxylic acids is 1. The van der Waals surface area contributed by atoms with Crippen molar-refractivity contribution in [1.82, 2.24) is 10.2 Å². The molecule has 1 aromatic rings. The fourth-order valence-electron chi connectivity index (χ4n) is 1.60. The van der Waals surface area contributed by atoms with E-state index in [4.69, 9.17) is 10.8 Å². The lowest BCUT2D eigenvalue weighted by molar-refractivity contribution is 0.0689. The average Bonchev–Trinajstić information content (AvgIpc) is 2.65. The highest BCUT2D eigenvalue weighted by Crippen LogP contribution is 2.15. The molecule has 1 aliphatic heterocycles. The van der Waals surface area contributed by atoms with Crippen molar-refractivity contribution in [2.24, 2.45) is 5.73 Å². The Morgan fingerprint density at radius 2 is 2.33 bits per heavy atom. The lowest BCUT2D eigenvalue weighted by Crippen LogP contribution is -2.27. The fraction of sp³-hybridized carbons (Fsp3) is 0.444. The second kappa shape index (κ2) is 3.82. The summed E-state index contributed by atoms with van der Waals surface area (Å²) >= 11 is 0. The molecular formula is C9H12N4O2. The van der Waals surface area contributed by atoms with Crippen molar-refractivity contribution in [3.8, 4) is 0 Å². The van der Waals surface area contributed by atoms with Crippen molar-refractivity contribution in [2.75, 3.05) is 18.0 Å². The SMILES string of the molecule is NC1CCN(c2ccc(C(=O)O)nn2)C1. The van der Waals surface area contributed by atoms with E-state index in [9.17, 15) is 4.79 Å². The van der Waals surface area contributed by atoms with Gasteiger partial charge in [0.2, 0.25) is 0 Å². The van der Waals surface area contributed by atoms with Gasteiger partial charge in [-0.1, -0.05) is 0 Å². The summed E-state index contributed by atoms with van der Waals surface area (Å²) in [4.78, 5) is 12.6. The predicted molar refractivity (Wildman–Crippen MR) is 53.8 cm³/mol. The fourth-order valence-corrected chi connectivity index (χ4v) is 1.60. The number of carboxylic acid groups (broad SMARTS) is 1. The molecule has 0 radical (unpaired) electrons. The van der Waals surface area contributed by atoms with Crippen molar-refractivity contribution in [3.05, 3.63) is 17.8 Å². The first-order valence-electron chi connectivity index (χ1n) is 4.74. The number of nitrogens with two attached hydrogens (primary N) is 1. The Morgan fingerprint density at radius 1 is 1.53 bits per heavy atom. The molecule has 0 bridgehead atoms. The Bertz CT molecular complexity index is 365. The van der Waals surface area contributed by atoms with Gasteiger partial charge in [-0.05, 0) is 18.6 Å². The van der Waals surface area contributed by atoms with Crippen LogP contribution in [0, 0.1) is 0 Å². The molecule has 1 aliphatic rings. The number of hydrogen-bond donors (Lipinski definition) is 2. The Hall–Kier alpha value is -1.69. The summed E-state index contributed by atoms with van der Waals surface area (Å²) in [6, 6.07) is 3.29. The highest BCUT2D eigenvalue weighted by Gasteiger charge is 2.20. The van der Waals surface area contributed by atoms with Crippen LogP contribution in [0.5, 0.6) is 0 Å². The zero-order valence-corrected chi connectivity index (χ0v) is 8.13. The molecule has 2 rings (SSSR count). The van der Waals surface area contributed by atoms with E-state index >= 15 is 0 Å². The third-order valence-electron chi connectivity index (χ3n) is 2.42. The van der Waals surface area contributed by atoms with E-state index in [2.05, 4.69) is 10.2 Å². The first-order chi connectivity index (χ1) is 7.16. The molecule has 1 unspecified atom stereocenters. The van der Waals surface area contributed by atoms with Gasteiger partial charge < -0.3 is 15.7 Å². The number of aromatic carboxylic acids is 1. The monoisotopic (exact) mass is 208 g/mol. The Kier molecular flexibility index (Phi) is 2.51. The van der Waals surface area contributed by atoms with E-state index in [1.807, 2.05) is 4.90 Å². The van der Waals surface area contributed by atoms with E-state index in [1.165, 1.54) is 6.07 Å². The first kappa shape index (κ1) is 9.85. The Morgan fingerprint density at radius 3 is 2.80 bits per heavy atom. The summed E-state index contributed by atoms with van der Waals surface area (Å²) in [6.45, 7) is 1.60. The lowest BCUT2D eigenvalue weighted by Gasteiger charge is -2.15. The lowest BCUT2D eigenvalue weighted by atomic mass is 10.3. The Labute approximate surface area is 86.7 Å². The number of carbonyl (C=O) groups is 1. The molecule has 80 valence electrons. The third kappa shape index (κ3) is 2.04. The molecule has 1 aromatic heterocycles. The van der Waals surface area contributed by atoms with Crippen LogP contribution < -0.4 is 10.6 Å². The molecule has 0 spiro atoms. The zero-order valence-electron chi connectivity index (χ0n) is 8.13. The largest absolute Gasteiger partial charge is 0.476 e.